The van der Waals surface area contributed by atoms with Gasteiger partial charge in [-0.15, -0.1) is 13.2 Å². The van der Waals surface area contributed by atoms with Crippen LogP contribution in [0, 0.1) is 23.2 Å². The first kappa shape index (κ1) is 24.9. The van der Waals surface area contributed by atoms with Crippen LogP contribution in [0.25, 0.3) is 0 Å². The number of piperidine rings is 1. The maximum absolute atomic E-state index is 13.4. The maximum Gasteiger partial charge on any atom is 0.522 e. The molecule has 0 unspecified atom stereocenters. The minimum atomic E-state index is -5.00. The van der Waals surface area contributed by atoms with Gasteiger partial charge in [0.1, 0.15) is 18.8 Å². The van der Waals surface area contributed by atoms with Gasteiger partial charge in [-0.05, 0) is 42.9 Å². The number of carbonyl (C=O) groups is 4. The van der Waals surface area contributed by atoms with Crippen LogP contribution in [0.4, 0.5) is 13.2 Å². The van der Waals surface area contributed by atoms with Crippen LogP contribution >= 0.6 is 0 Å². The van der Waals surface area contributed by atoms with Gasteiger partial charge in [0.05, 0.1) is 6.04 Å². The van der Waals surface area contributed by atoms with Crippen LogP contribution in [0.3, 0.4) is 0 Å². The Balaban J connectivity index is 1.50. The highest BCUT2D eigenvalue weighted by Crippen LogP contribution is 2.65. The summed E-state index contributed by atoms with van der Waals surface area (Å²) in [6, 6.07) is -2.20. The van der Waals surface area contributed by atoms with Gasteiger partial charge in [-0.25, -0.2) is 0 Å². The fourth-order valence-electron chi connectivity index (χ4n) is 5.71. The Hall–Kier alpha value is -2.21. The zero-order valence-corrected chi connectivity index (χ0v) is 19.2. The number of nitrogens with one attached hydrogen (secondary N) is 2. The van der Waals surface area contributed by atoms with E-state index in [9.17, 15) is 32.3 Å². The molecule has 9 nitrogen and oxygen atoms in total. The topological polar surface area (TPSA) is 114 Å². The van der Waals surface area contributed by atoms with E-state index < -0.39 is 48.8 Å². The Morgan fingerprint density at radius 3 is 2.62 bits per heavy atom. The van der Waals surface area contributed by atoms with Crippen molar-refractivity contribution in [2.45, 2.75) is 64.1 Å². The van der Waals surface area contributed by atoms with E-state index >= 15 is 0 Å². The van der Waals surface area contributed by atoms with Crippen LogP contribution in [0.2, 0.25) is 0 Å². The van der Waals surface area contributed by atoms with E-state index in [0.717, 1.165) is 6.42 Å². The number of ketones is 1. The number of halogens is 3. The highest BCUT2D eigenvalue weighted by Gasteiger charge is 2.69. The smallest absolute Gasteiger partial charge is 0.368 e. The van der Waals surface area contributed by atoms with Crippen LogP contribution in [-0.2, 0) is 28.7 Å². The van der Waals surface area contributed by atoms with Gasteiger partial charge in [-0.1, -0.05) is 13.8 Å². The van der Waals surface area contributed by atoms with E-state index in [1.807, 2.05) is 13.8 Å². The largest absolute Gasteiger partial charge is 0.522 e. The molecule has 3 saturated heterocycles. The zero-order chi connectivity index (χ0) is 24.8. The molecule has 4 rings (SSSR count). The number of rotatable bonds is 8. The Labute approximate surface area is 195 Å². The lowest BCUT2D eigenvalue weighted by molar-refractivity contribution is -0.321. The third-order valence-corrected chi connectivity index (χ3v) is 7.73. The lowest BCUT2D eigenvalue weighted by Gasteiger charge is -2.32. The SMILES string of the molecule is CC1(C)[C@@H]2[C@@H](C(=O)N[C@@H](C[C@@H]3CCNC3=O)C(=O)COC(F)(F)F)N(C(=O)[C@H]3CCCO3)C[C@@H]21. The van der Waals surface area contributed by atoms with Gasteiger partial charge < -0.3 is 20.3 Å². The zero-order valence-electron chi connectivity index (χ0n) is 19.2. The first-order chi connectivity index (χ1) is 15.9. The number of nitrogens with zero attached hydrogens (tertiary/aromatic N) is 1. The van der Waals surface area contributed by atoms with E-state index in [1.54, 1.807) is 0 Å². The standard InChI is InChI=1S/C22H30F3N3O6/c1-21(2)12-9-28(20(32)15-4-3-7-33-15)17(16(12)21)19(31)27-13(8-11-5-6-26-18(11)30)14(29)10-34-22(23,24)25/h11-13,15-17H,3-10H2,1-2H3,(H,26,30)(H,27,31)/t11-,12-,13-,15+,16-,17-/m0/s1. The van der Waals surface area contributed by atoms with Crippen molar-refractivity contribution >= 4 is 23.5 Å². The van der Waals surface area contributed by atoms with Crippen molar-refractivity contribution in [3.8, 4) is 0 Å². The number of ether oxygens (including phenoxy) is 2. The van der Waals surface area contributed by atoms with Crippen molar-refractivity contribution in [3.05, 3.63) is 0 Å². The van der Waals surface area contributed by atoms with E-state index in [-0.39, 0.29) is 35.5 Å². The molecular formula is C22H30F3N3O6. The van der Waals surface area contributed by atoms with E-state index in [1.165, 1.54) is 4.90 Å². The first-order valence-electron chi connectivity index (χ1n) is 11.6. The summed E-state index contributed by atoms with van der Waals surface area (Å²) in [6.07, 6.45) is -4.04. The number of hydrogen-bond acceptors (Lipinski definition) is 6. The van der Waals surface area contributed by atoms with Crippen molar-refractivity contribution in [2.75, 3.05) is 26.3 Å². The molecule has 1 saturated carbocycles. The first-order valence-corrected chi connectivity index (χ1v) is 11.6. The number of fused-ring (bicyclic) bond motifs is 1. The predicted molar refractivity (Wildman–Crippen MR) is 110 cm³/mol. The molecular weight excluding hydrogens is 459 g/mol. The fraction of sp³-hybridized carbons (Fsp3) is 0.818. The molecule has 0 bridgehead atoms. The Morgan fingerprint density at radius 1 is 1.29 bits per heavy atom. The Bertz CT molecular complexity index is 857. The van der Waals surface area contributed by atoms with Crippen molar-refractivity contribution < 1.29 is 41.8 Å². The second-order valence-corrected chi connectivity index (χ2v) is 10.2. The van der Waals surface area contributed by atoms with Crippen molar-refractivity contribution in [2.24, 2.45) is 23.2 Å². The highest BCUT2D eigenvalue weighted by atomic mass is 19.4. The molecule has 0 aromatic heterocycles. The number of alkyl halides is 3. The van der Waals surface area contributed by atoms with Crippen LogP contribution in [0.1, 0.15) is 39.5 Å². The van der Waals surface area contributed by atoms with Gasteiger partial charge in [-0.2, -0.15) is 0 Å². The van der Waals surface area contributed by atoms with Gasteiger partial charge in [-0.3, -0.25) is 23.9 Å². The van der Waals surface area contributed by atoms with Crippen molar-refractivity contribution in [1.82, 2.24) is 15.5 Å². The average Bonchev–Trinajstić information content (AvgIpc) is 3.33. The third kappa shape index (κ3) is 4.93. The predicted octanol–water partition coefficient (Wildman–Crippen LogP) is 0.765. The average molecular weight is 489 g/mol. The van der Waals surface area contributed by atoms with Crippen LogP contribution < -0.4 is 10.6 Å². The summed E-state index contributed by atoms with van der Waals surface area (Å²) in [5, 5.41) is 5.18. The monoisotopic (exact) mass is 489 g/mol. The molecule has 0 aromatic rings. The van der Waals surface area contributed by atoms with Gasteiger partial charge in [0.15, 0.2) is 5.78 Å². The van der Waals surface area contributed by atoms with E-state index in [4.69, 9.17) is 4.74 Å². The fourth-order valence-corrected chi connectivity index (χ4v) is 5.71. The molecule has 0 radical (unpaired) electrons. The number of carbonyl (C=O) groups excluding carboxylic acids is 4. The minimum absolute atomic E-state index is 0.108. The molecule has 3 amide bonds. The quantitative estimate of drug-likeness (QED) is 0.521. The third-order valence-electron chi connectivity index (χ3n) is 7.73. The van der Waals surface area contributed by atoms with E-state index in [0.29, 0.717) is 32.5 Å². The van der Waals surface area contributed by atoms with Gasteiger partial charge >= 0.3 is 6.36 Å². The number of Topliss-reactive ketones (excluding diaryl/α,β-unsaturated/α-hetero) is 1. The molecule has 12 heteroatoms. The van der Waals surface area contributed by atoms with Gasteiger partial charge in [0.2, 0.25) is 11.8 Å². The van der Waals surface area contributed by atoms with Crippen LogP contribution in [0.15, 0.2) is 0 Å². The van der Waals surface area contributed by atoms with Crippen molar-refractivity contribution in [1.29, 1.82) is 0 Å². The lowest BCUT2D eigenvalue weighted by atomic mass is 9.94. The van der Waals surface area contributed by atoms with Crippen molar-refractivity contribution in [3.63, 3.8) is 0 Å². The second kappa shape index (κ2) is 9.10. The van der Waals surface area contributed by atoms with Crippen LogP contribution in [0.5, 0.6) is 0 Å². The molecule has 0 spiro atoms. The molecule has 1 aliphatic carbocycles. The molecule has 34 heavy (non-hydrogen) atoms. The highest BCUT2D eigenvalue weighted by molar-refractivity contribution is 5.95. The number of hydrogen-bond donors (Lipinski definition) is 2. The maximum atomic E-state index is 13.4. The summed E-state index contributed by atoms with van der Waals surface area (Å²) < 4.78 is 46.7. The van der Waals surface area contributed by atoms with Gasteiger partial charge in [0.25, 0.3) is 5.91 Å². The van der Waals surface area contributed by atoms with Gasteiger partial charge in [0, 0.05) is 25.6 Å². The minimum Gasteiger partial charge on any atom is -0.368 e. The molecule has 4 aliphatic rings. The molecule has 3 aliphatic heterocycles. The summed E-state index contributed by atoms with van der Waals surface area (Å²) in [7, 11) is 0. The Kier molecular flexibility index (Phi) is 6.67. The molecule has 2 N–H and O–H groups in total. The molecule has 3 heterocycles. The second-order valence-electron chi connectivity index (χ2n) is 10.2. The summed E-state index contributed by atoms with van der Waals surface area (Å²) in [5.41, 5.74) is -0.181. The number of likely N-dealkylation sites (tertiary alicyclic amines) is 1. The van der Waals surface area contributed by atoms with Crippen LogP contribution in [-0.4, -0.2) is 79.3 Å². The molecule has 6 atom stereocenters. The molecule has 190 valence electrons. The van der Waals surface area contributed by atoms with E-state index in [2.05, 4.69) is 15.4 Å². The summed E-state index contributed by atoms with van der Waals surface area (Å²) in [4.78, 5) is 52.6. The summed E-state index contributed by atoms with van der Waals surface area (Å²) >= 11 is 0. The molecule has 4 fully saturated rings. The lowest BCUT2D eigenvalue weighted by Crippen LogP contribution is -2.56. The number of amides is 3. The Morgan fingerprint density at radius 2 is 2.03 bits per heavy atom. The normalized spacial score (nSPS) is 32.8. The summed E-state index contributed by atoms with van der Waals surface area (Å²) in [6.45, 7) is 3.97. The summed E-state index contributed by atoms with van der Waals surface area (Å²) in [5.74, 6) is -2.81. The molecule has 0 aromatic carbocycles.